The Morgan fingerprint density at radius 2 is 2.00 bits per heavy atom. The van der Waals surface area contributed by atoms with Crippen molar-refractivity contribution >= 4 is 9.84 Å². The van der Waals surface area contributed by atoms with Gasteiger partial charge in [-0.3, -0.25) is 9.58 Å². The first-order chi connectivity index (χ1) is 13.4. The third-order valence-corrected chi connectivity index (χ3v) is 8.05. The second-order valence-electron chi connectivity index (χ2n) is 7.67. The van der Waals surface area contributed by atoms with Gasteiger partial charge >= 0.3 is 0 Å². The molecule has 28 heavy (non-hydrogen) atoms. The molecule has 5 rings (SSSR count). The molecule has 1 aromatic heterocycles. The molecule has 5 nitrogen and oxygen atoms in total. The standard InChI is InChI=1S/C21H20FN3O2S/c1-24-11-16(9-23-24)15-5-6-20-18(8-15)19-12-25(13-21(19)28(20,26)27)10-14-3-2-4-17(22)7-14/h2-9,11,19,21H,10,12-13H2,1H3. The summed E-state index contributed by atoms with van der Waals surface area (Å²) in [7, 11) is -1.49. The van der Waals surface area contributed by atoms with E-state index in [0.29, 0.717) is 24.5 Å². The second-order valence-corrected chi connectivity index (χ2v) is 9.80. The fourth-order valence-corrected chi connectivity index (χ4v) is 6.69. The molecule has 0 radical (unpaired) electrons. The van der Waals surface area contributed by atoms with Gasteiger partial charge in [0, 0.05) is 44.4 Å². The first-order valence-corrected chi connectivity index (χ1v) is 10.8. The van der Waals surface area contributed by atoms with Crippen molar-refractivity contribution in [2.75, 3.05) is 13.1 Å². The van der Waals surface area contributed by atoms with Crippen molar-refractivity contribution in [2.45, 2.75) is 22.6 Å². The van der Waals surface area contributed by atoms with Crippen LogP contribution in [-0.4, -0.2) is 41.4 Å². The SMILES string of the molecule is Cn1cc(-c2ccc3c(c2)C2CN(Cc4cccc(F)c4)CC2S3(=O)=O)cn1. The molecule has 0 aliphatic carbocycles. The van der Waals surface area contributed by atoms with E-state index in [1.54, 1.807) is 23.0 Å². The third kappa shape index (κ3) is 2.77. The normalized spacial score (nSPS) is 22.9. The topological polar surface area (TPSA) is 55.2 Å². The molecule has 0 spiro atoms. The smallest absolute Gasteiger partial charge is 0.183 e. The predicted octanol–water partition coefficient (Wildman–Crippen LogP) is 2.98. The van der Waals surface area contributed by atoms with Gasteiger partial charge in [-0.15, -0.1) is 0 Å². The Kier molecular flexibility index (Phi) is 3.93. The molecule has 2 aliphatic rings. The van der Waals surface area contributed by atoms with Gasteiger partial charge in [-0.1, -0.05) is 18.2 Å². The number of aromatic nitrogens is 2. The Bertz CT molecular complexity index is 1170. The van der Waals surface area contributed by atoms with Gasteiger partial charge in [0.15, 0.2) is 9.84 Å². The van der Waals surface area contributed by atoms with Crippen LogP contribution >= 0.6 is 0 Å². The highest BCUT2D eigenvalue weighted by Gasteiger charge is 2.50. The minimum absolute atomic E-state index is 0.0508. The fourth-order valence-electron chi connectivity index (χ4n) is 4.50. The summed E-state index contributed by atoms with van der Waals surface area (Å²) in [6.45, 7) is 1.68. The number of hydrogen-bond donors (Lipinski definition) is 0. The maximum atomic E-state index is 13.5. The second kappa shape index (κ2) is 6.25. The maximum Gasteiger partial charge on any atom is 0.183 e. The summed E-state index contributed by atoms with van der Waals surface area (Å²) in [6.07, 6.45) is 3.71. The predicted molar refractivity (Wildman–Crippen MR) is 104 cm³/mol. The first-order valence-electron chi connectivity index (χ1n) is 9.25. The highest BCUT2D eigenvalue weighted by molar-refractivity contribution is 7.92. The quantitative estimate of drug-likeness (QED) is 0.682. The van der Waals surface area contributed by atoms with Gasteiger partial charge in [0.25, 0.3) is 0 Å². The van der Waals surface area contributed by atoms with Crippen LogP contribution in [0.25, 0.3) is 11.1 Å². The number of hydrogen-bond acceptors (Lipinski definition) is 4. The lowest BCUT2D eigenvalue weighted by atomic mass is 9.95. The van der Waals surface area contributed by atoms with Crippen LogP contribution in [0.1, 0.15) is 17.0 Å². The molecule has 0 N–H and O–H groups in total. The summed E-state index contributed by atoms with van der Waals surface area (Å²) in [6, 6.07) is 12.1. The Balaban J connectivity index is 1.47. The molecule has 0 saturated carbocycles. The zero-order chi connectivity index (χ0) is 19.5. The molecule has 7 heteroatoms. The van der Waals surface area contributed by atoms with Crippen LogP contribution in [0.15, 0.2) is 59.8 Å². The highest BCUT2D eigenvalue weighted by atomic mass is 32.2. The van der Waals surface area contributed by atoms with Crippen LogP contribution in [-0.2, 0) is 23.4 Å². The maximum absolute atomic E-state index is 13.5. The molecule has 1 saturated heterocycles. The lowest BCUT2D eigenvalue weighted by molar-refractivity contribution is 0.325. The lowest BCUT2D eigenvalue weighted by Crippen LogP contribution is -2.25. The van der Waals surface area contributed by atoms with Crippen molar-refractivity contribution in [1.29, 1.82) is 0 Å². The average molecular weight is 397 g/mol. The Morgan fingerprint density at radius 1 is 1.14 bits per heavy atom. The van der Waals surface area contributed by atoms with Gasteiger partial charge in [-0.2, -0.15) is 5.10 Å². The summed E-state index contributed by atoms with van der Waals surface area (Å²) in [5.74, 6) is -0.318. The van der Waals surface area contributed by atoms with Crippen LogP contribution < -0.4 is 0 Å². The lowest BCUT2D eigenvalue weighted by Gasteiger charge is -2.17. The summed E-state index contributed by atoms with van der Waals surface area (Å²) in [5.41, 5.74) is 3.71. The Hall–Kier alpha value is -2.51. The average Bonchev–Trinajstić information content (AvgIpc) is 3.32. The first kappa shape index (κ1) is 17.6. The number of halogens is 1. The van der Waals surface area contributed by atoms with Crippen LogP contribution in [0.4, 0.5) is 4.39 Å². The van der Waals surface area contributed by atoms with Gasteiger partial charge in [0.2, 0.25) is 0 Å². The number of aryl methyl sites for hydroxylation is 1. The molecule has 3 aromatic rings. The van der Waals surface area contributed by atoms with E-state index in [1.807, 2.05) is 31.4 Å². The Morgan fingerprint density at radius 3 is 2.75 bits per heavy atom. The summed E-state index contributed by atoms with van der Waals surface area (Å²) in [5, 5.41) is 3.78. The zero-order valence-corrected chi connectivity index (χ0v) is 16.2. The molecular formula is C21H20FN3O2S. The summed E-state index contributed by atoms with van der Waals surface area (Å²) in [4.78, 5) is 2.57. The van der Waals surface area contributed by atoms with Crippen LogP contribution in [0.5, 0.6) is 0 Å². The molecule has 2 unspecified atom stereocenters. The monoisotopic (exact) mass is 397 g/mol. The molecule has 1 fully saturated rings. The molecular weight excluding hydrogens is 377 g/mol. The van der Waals surface area contributed by atoms with Crippen molar-refractivity contribution in [1.82, 2.24) is 14.7 Å². The van der Waals surface area contributed by atoms with Crippen molar-refractivity contribution in [3.63, 3.8) is 0 Å². The van der Waals surface area contributed by atoms with E-state index in [4.69, 9.17) is 0 Å². The molecule has 2 atom stereocenters. The van der Waals surface area contributed by atoms with E-state index in [-0.39, 0.29) is 11.7 Å². The van der Waals surface area contributed by atoms with Gasteiger partial charge in [0.05, 0.1) is 16.3 Å². The summed E-state index contributed by atoms with van der Waals surface area (Å²) >= 11 is 0. The number of sulfone groups is 1. The number of likely N-dealkylation sites (tertiary alicyclic amines) is 1. The molecule has 2 aliphatic heterocycles. The van der Waals surface area contributed by atoms with Gasteiger partial charge in [-0.25, -0.2) is 12.8 Å². The van der Waals surface area contributed by atoms with E-state index >= 15 is 0 Å². The minimum Gasteiger partial charge on any atom is -0.297 e. The van der Waals surface area contributed by atoms with Crippen molar-refractivity contribution in [2.24, 2.45) is 7.05 Å². The van der Waals surface area contributed by atoms with Gasteiger partial charge < -0.3 is 0 Å². The molecule has 0 amide bonds. The van der Waals surface area contributed by atoms with Crippen LogP contribution in [0.3, 0.4) is 0 Å². The molecule has 144 valence electrons. The van der Waals surface area contributed by atoms with E-state index < -0.39 is 15.1 Å². The summed E-state index contributed by atoms with van der Waals surface area (Å²) < 4.78 is 41.3. The molecule has 2 aromatic carbocycles. The van der Waals surface area contributed by atoms with Gasteiger partial charge in [-0.05, 0) is 41.0 Å². The van der Waals surface area contributed by atoms with Crippen molar-refractivity contribution < 1.29 is 12.8 Å². The van der Waals surface area contributed by atoms with E-state index in [0.717, 1.165) is 22.3 Å². The third-order valence-electron chi connectivity index (χ3n) is 5.79. The fraction of sp³-hybridized carbons (Fsp3) is 0.286. The largest absolute Gasteiger partial charge is 0.297 e. The number of benzene rings is 2. The molecule has 3 heterocycles. The number of fused-ring (bicyclic) bond motifs is 3. The van der Waals surface area contributed by atoms with Crippen LogP contribution in [0.2, 0.25) is 0 Å². The van der Waals surface area contributed by atoms with E-state index in [9.17, 15) is 12.8 Å². The van der Waals surface area contributed by atoms with Gasteiger partial charge in [0.1, 0.15) is 5.82 Å². The molecule has 0 bridgehead atoms. The number of nitrogens with zero attached hydrogens (tertiary/aromatic N) is 3. The van der Waals surface area contributed by atoms with Crippen molar-refractivity contribution in [3.05, 3.63) is 71.8 Å². The zero-order valence-electron chi connectivity index (χ0n) is 15.4. The highest BCUT2D eigenvalue weighted by Crippen LogP contribution is 2.46. The van der Waals surface area contributed by atoms with Crippen LogP contribution in [0, 0.1) is 5.82 Å². The van der Waals surface area contributed by atoms with E-state index in [2.05, 4.69) is 10.00 Å². The Labute approximate surface area is 163 Å². The van der Waals surface area contributed by atoms with Crippen molar-refractivity contribution in [3.8, 4) is 11.1 Å². The minimum atomic E-state index is -3.35. The van der Waals surface area contributed by atoms with E-state index in [1.165, 1.54) is 12.1 Å². The number of rotatable bonds is 3.